The predicted molar refractivity (Wildman–Crippen MR) is 175 cm³/mol. The number of benzene rings is 2. The summed E-state index contributed by atoms with van der Waals surface area (Å²) in [7, 11) is 1.59. The molecule has 7 rings (SSSR count). The van der Waals surface area contributed by atoms with E-state index in [0.717, 1.165) is 37.2 Å². The van der Waals surface area contributed by atoms with Crippen LogP contribution in [0.4, 0.5) is 27.6 Å². The molecule has 1 saturated heterocycles. The van der Waals surface area contributed by atoms with Crippen molar-refractivity contribution in [2.45, 2.75) is 38.0 Å². The summed E-state index contributed by atoms with van der Waals surface area (Å²) in [6, 6.07) is 7.11. The molecule has 0 spiro atoms. The Balaban J connectivity index is 1.21. The molecular formula is C36H32F5N5O4. The van der Waals surface area contributed by atoms with Crippen LogP contribution in [0, 0.1) is 11.6 Å². The van der Waals surface area contributed by atoms with Gasteiger partial charge in [-0.15, -0.1) is 0 Å². The normalized spacial score (nSPS) is 18.2. The molecule has 0 saturated carbocycles. The molecule has 14 heteroatoms. The Morgan fingerprint density at radius 3 is 2.64 bits per heavy atom. The lowest BCUT2D eigenvalue weighted by Gasteiger charge is -2.36. The number of rotatable bonds is 6. The van der Waals surface area contributed by atoms with Gasteiger partial charge in [0.05, 0.1) is 40.8 Å². The number of nitrogens with zero attached hydrogens (tertiary/aromatic N) is 4. The minimum atomic E-state index is -4.76. The van der Waals surface area contributed by atoms with Crippen LogP contribution in [0.1, 0.15) is 46.9 Å². The average Bonchev–Trinajstić information content (AvgIpc) is 3.60. The van der Waals surface area contributed by atoms with E-state index < -0.39 is 46.4 Å². The third-order valence-electron chi connectivity index (χ3n) is 9.21. The fraction of sp³-hybridized carbons (Fsp3) is 0.306. The van der Waals surface area contributed by atoms with Crippen molar-refractivity contribution in [1.29, 1.82) is 0 Å². The fourth-order valence-electron chi connectivity index (χ4n) is 6.96. The summed E-state index contributed by atoms with van der Waals surface area (Å²) in [5.74, 6) is -3.96. The van der Waals surface area contributed by atoms with Gasteiger partial charge in [0.2, 0.25) is 11.7 Å². The van der Waals surface area contributed by atoms with Crippen LogP contribution >= 0.6 is 0 Å². The van der Waals surface area contributed by atoms with Crippen LogP contribution in [0.2, 0.25) is 0 Å². The number of fused-ring (bicyclic) bond motifs is 4. The number of carbonyl (C=O) groups excluding carboxylic acids is 2. The standard InChI is InChI=1S/C36H32F5N5O4/c1-35(49)9-5-11-45(18-35)10-4-7-28(47)43-30-24(37)14-21(15-25(30)38)33(48)27-16-20-8-13-50-34-29(22-6-3-12-46(27)32(20)22)23(36(39,40)41)17-26-31(34)42-19-44(26)2/h3-4,6-7,12,14-17,19,49H,5,8-11,13,18H2,1-2H3,(H,43,47)/b7-4+/t35-/m0/s1. The number of imidazole rings is 1. The summed E-state index contributed by atoms with van der Waals surface area (Å²) in [5.41, 5.74) is -1.62. The molecule has 5 heterocycles. The minimum Gasteiger partial charge on any atom is -0.490 e. The van der Waals surface area contributed by atoms with Crippen LogP contribution in [0.3, 0.4) is 0 Å². The van der Waals surface area contributed by atoms with Crippen molar-refractivity contribution in [3.8, 4) is 16.9 Å². The summed E-state index contributed by atoms with van der Waals surface area (Å²) in [5, 5.41) is 12.4. The monoisotopic (exact) mass is 693 g/mol. The van der Waals surface area contributed by atoms with E-state index >= 15 is 8.78 Å². The van der Waals surface area contributed by atoms with Crippen molar-refractivity contribution in [2.75, 3.05) is 31.6 Å². The highest BCUT2D eigenvalue weighted by Crippen LogP contribution is 2.48. The second-order valence-corrected chi connectivity index (χ2v) is 13.0. The number of piperidine rings is 1. The van der Waals surface area contributed by atoms with Crippen molar-refractivity contribution < 1.29 is 41.4 Å². The highest BCUT2D eigenvalue weighted by atomic mass is 19.4. The van der Waals surface area contributed by atoms with Gasteiger partial charge in [-0.25, -0.2) is 13.8 Å². The first-order valence-corrected chi connectivity index (χ1v) is 16.0. The summed E-state index contributed by atoms with van der Waals surface area (Å²) < 4.78 is 83.1. The van der Waals surface area contributed by atoms with Crippen molar-refractivity contribution in [2.24, 2.45) is 7.05 Å². The lowest BCUT2D eigenvalue weighted by atomic mass is 9.94. The second kappa shape index (κ2) is 12.4. The molecule has 9 nitrogen and oxygen atoms in total. The maximum atomic E-state index is 15.3. The van der Waals surface area contributed by atoms with E-state index in [2.05, 4.69) is 10.3 Å². The molecule has 5 aromatic rings. The number of hydrogen-bond acceptors (Lipinski definition) is 6. The summed E-state index contributed by atoms with van der Waals surface area (Å²) in [4.78, 5) is 32.6. The molecule has 2 aliphatic rings. The number of likely N-dealkylation sites (tertiary alicyclic amines) is 1. The van der Waals surface area contributed by atoms with Gasteiger partial charge in [0.25, 0.3) is 0 Å². The molecular weight excluding hydrogens is 661 g/mol. The molecule has 0 bridgehead atoms. The molecule has 1 fully saturated rings. The second-order valence-electron chi connectivity index (χ2n) is 13.0. The van der Waals surface area contributed by atoms with Gasteiger partial charge in [0.1, 0.15) is 22.8 Å². The molecule has 1 atom stereocenters. The first-order chi connectivity index (χ1) is 23.7. The van der Waals surface area contributed by atoms with E-state index in [9.17, 15) is 27.9 Å². The molecule has 0 aliphatic carbocycles. The largest absolute Gasteiger partial charge is 0.490 e. The van der Waals surface area contributed by atoms with Gasteiger partial charge in [0, 0.05) is 55.5 Å². The summed E-state index contributed by atoms with van der Waals surface area (Å²) >= 11 is 0. The first-order valence-electron chi connectivity index (χ1n) is 16.0. The van der Waals surface area contributed by atoms with E-state index in [1.807, 2.05) is 4.90 Å². The first kappa shape index (κ1) is 33.4. The zero-order chi connectivity index (χ0) is 35.5. The third-order valence-corrected chi connectivity index (χ3v) is 9.21. The maximum Gasteiger partial charge on any atom is 0.417 e. The number of hydrogen-bond donors (Lipinski definition) is 2. The number of pyridine rings is 1. The van der Waals surface area contributed by atoms with E-state index in [1.165, 1.54) is 45.8 Å². The van der Waals surface area contributed by atoms with E-state index in [4.69, 9.17) is 4.74 Å². The van der Waals surface area contributed by atoms with E-state index in [-0.39, 0.29) is 52.2 Å². The molecule has 0 unspecified atom stereocenters. The van der Waals surface area contributed by atoms with Crippen LogP contribution in [0.25, 0.3) is 27.7 Å². The van der Waals surface area contributed by atoms with Crippen LogP contribution < -0.4 is 10.1 Å². The Bertz CT molecular complexity index is 2200. The zero-order valence-electron chi connectivity index (χ0n) is 27.1. The predicted octanol–water partition coefficient (Wildman–Crippen LogP) is 6.30. The van der Waals surface area contributed by atoms with Gasteiger partial charge in [-0.1, -0.05) is 12.1 Å². The zero-order valence-corrected chi connectivity index (χ0v) is 27.1. The number of aliphatic hydroxyl groups is 1. The topological polar surface area (TPSA) is 101 Å². The maximum absolute atomic E-state index is 15.3. The molecule has 1 amide bonds. The van der Waals surface area contributed by atoms with Gasteiger partial charge in [-0.2, -0.15) is 13.2 Å². The number of aryl methyl sites for hydroxylation is 1. The number of amides is 1. The number of nitrogens with one attached hydrogen (secondary N) is 1. The van der Waals surface area contributed by atoms with Gasteiger partial charge in [-0.3, -0.25) is 14.5 Å². The molecule has 50 heavy (non-hydrogen) atoms. The van der Waals surface area contributed by atoms with Crippen LogP contribution in [0.15, 0.2) is 61.1 Å². The van der Waals surface area contributed by atoms with E-state index in [1.54, 1.807) is 14.0 Å². The Labute approximate surface area is 282 Å². The summed E-state index contributed by atoms with van der Waals surface area (Å²) in [6.45, 7) is 3.25. The number of alkyl halides is 3. The van der Waals surface area contributed by atoms with E-state index in [0.29, 0.717) is 30.6 Å². The number of halogens is 5. The number of carbonyl (C=O) groups is 2. The third kappa shape index (κ3) is 6.02. The smallest absolute Gasteiger partial charge is 0.417 e. The van der Waals surface area contributed by atoms with Gasteiger partial charge >= 0.3 is 6.18 Å². The number of aromatic nitrogens is 3. The lowest BCUT2D eigenvalue weighted by molar-refractivity contribution is -0.137. The van der Waals surface area contributed by atoms with Crippen LogP contribution in [-0.4, -0.2) is 67.5 Å². The SMILES string of the molecule is Cn1cnc2c3c(c(C(F)(F)F)cc21)-c1cccn2c(C(=O)c4cc(F)c(NC(=O)/C=C/CN5CCC[C@](C)(O)C5)c(F)c4)cc(c12)CCO3. The Morgan fingerprint density at radius 1 is 1.16 bits per heavy atom. The minimum absolute atomic E-state index is 0.0213. The van der Waals surface area contributed by atoms with Crippen molar-refractivity contribution in [1.82, 2.24) is 18.9 Å². The Morgan fingerprint density at radius 2 is 1.92 bits per heavy atom. The quantitative estimate of drug-likeness (QED) is 0.123. The van der Waals surface area contributed by atoms with Gasteiger partial charge < -0.3 is 24.1 Å². The lowest BCUT2D eigenvalue weighted by Crippen LogP contribution is -2.46. The van der Waals surface area contributed by atoms with Crippen molar-refractivity contribution in [3.05, 3.63) is 95.1 Å². The molecule has 3 aromatic heterocycles. The number of ketones is 1. The van der Waals surface area contributed by atoms with Gasteiger partial charge in [-0.05, 0) is 62.2 Å². The van der Waals surface area contributed by atoms with Crippen LogP contribution in [0.5, 0.6) is 5.75 Å². The molecule has 2 aromatic carbocycles. The molecule has 0 radical (unpaired) electrons. The van der Waals surface area contributed by atoms with Crippen LogP contribution in [-0.2, 0) is 24.4 Å². The Kier molecular flexibility index (Phi) is 8.26. The number of anilines is 1. The summed E-state index contributed by atoms with van der Waals surface area (Å²) in [6.07, 6.45) is 2.51. The fourth-order valence-corrected chi connectivity index (χ4v) is 6.96. The Hall–Kier alpha value is -5.08. The highest BCUT2D eigenvalue weighted by molar-refractivity contribution is 6.10. The van der Waals surface area contributed by atoms with Crippen molar-refractivity contribution >= 4 is 33.9 Å². The number of β-amino-alcohol motifs (C(OH)–C–C–N with tert-alkyl or cyclic N) is 1. The van der Waals surface area contributed by atoms with Gasteiger partial charge in [0.15, 0.2) is 5.75 Å². The highest BCUT2D eigenvalue weighted by Gasteiger charge is 2.39. The average molecular weight is 694 g/mol. The molecule has 260 valence electrons. The van der Waals surface area contributed by atoms with Crippen molar-refractivity contribution in [3.63, 3.8) is 0 Å². The molecule has 2 N–H and O–H groups in total. The number of ether oxygens (including phenoxy) is 1. The molecule has 2 aliphatic heterocycles.